The van der Waals surface area contributed by atoms with Crippen molar-refractivity contribution in [2.24, 2.45) is 11.8 Å². The summed E-state index contributed by atoms with van der Waals surface area (Å²) >= 11 is 0. The molecule has 1 fully saturated rings. The lowest BCUT2D eigenvalue weighted by Crippen LogP contribution is -2.36. The Bertz CT molecular complexity index is 340. The molecule has 1 aliphatic rings. The molecular formula is C13H24N2O5. The van der Waals surface area contributed by atoms with Gasteiger partial charge in [0.2, 0.25) is 0 Å². The molecular weight excluding hydrogens is 264 g/mol. The minimum atomic E-state index is -0.747. The number of alkyl carbamates (subject to hydrolysis) is 1. The Morgan fingerprint density at radius 3 is 2.60 bits per heavy atom. The molecule has 1 saturated carbocycles. The number of carbonyl (C=O) groups excluding carboxylic acids is 1. The number of hydrogen-bond acceptors (Lipinski definition) is 5. The summed E-state index contributed by atoms with van der Waals surface area (Å²) in [5.41, 5.74) is -0.501. The third-order valence-electron chi connectivity index (χ3n) is 3.24. The van der Waals surface area contributed by atoms with E-state index in [0.29, 0.717) is 12.5 Å². The molecule has 0 radical (unpaired) electrons. The molecule has 1 rings (SSSR count). The van der Waals surface area contributed by atoms with Gasteiger partial charge in [-0.25, -0.2) is 4.79 Å². The summed E-state index contributed by atoms with van der Waals surface area (Å²) in [4.78, 5) is 26.2. The van der Waals surface area contributed by atoms with Gasteiger partial charge in [0.1, 0.15) is 5.60 Å². The van der Waals surface area contributed by atoms with Gasteiger partial charge in [-0.05, 0) is 51.9 Å². The van der Waals surface area contributed by atoms with Crippen LogP contribution in [-0.2, 0) is 9.57 Å². The quantitative estimate of drug-likeness (QED) is 0.620. The standard InChI is InChI=1S/C13H24N2O5/c1-13(2,3)20-12(16)14-8-10-5-4-6-11(7-10)9-19-15(17)18/h10-11H,4-9H2,1-3H3,(H,14,16). The van der Waals surface area contributed by atoms with Gasteiger partial charge in [0, 0.05) is 6.54 Å². The first kappa shape index (κ1) is 16.5. The molecule has 2 atom stereocenters. The molecule has 0 aromatic heterocycles. The van der Waals surface area contributed by atoms with E-state index in [0.717, 1.165) is 25.7 Å². The van der Waals surface area contributed by atoms with Crippen LogP contribution in [0, 0.1) is 22.0 Å². The first-order chi connectivity index (χ1) is 9.26. The van der Waals surface area contributed by atoms with Crippen LogP contribution in [0.3, 0.4) is 0 Å². The first-order valence-corrected chi connectivity index (χ1v) is 7.00. The zero-order valence-corrected chi connectivity index (χ0v) is 12.4. The van der Waals surface area contributed by atoms with E-state index < -0.39 is 16.8 Å². The number of hydrogen-bond donors (Lipinski definition) is 1. The Morgan fingerprint density at radius 2 is 2.00 bits per heavy atom. The molecule has 0 saturated heterocycles. The highest BCUT2D eigenvalue weighted by Crippen LogP contribution is 2.28. The summed E-state index contributed by atoms with van der Waals surface area (Å²) in [6.45, 7) is 6.15. The topological polar surface area (TPSA) is 90.7 Å². The smallest absolute Gasteiger partial charge is 0.407 e. The number of nitrogens with one attached hydrogen (secondary N) is 1. The van der Waals surface area contributed by atoms with Gasteiger partial charge in [-0.1, -0.05) is 6.42 Å². The zero-order valence-electron chi connectivity index (χ0n) is 12.4. The van der Waals surface area contributed by atoms with E-state index in [1.165, 1.54) is 0 Å². The second kappa shape index (κ2) is 7.31. The summed E-state index contributed by atoms with van der Waals surface area (Å²) in [6.07, 6.45) is 3.39. The van der Waals surface area contributed by atoms with Gasteiger partial charge in [-0.15, -0.1) is 10.1 Å². The molecule has 1 amide bonds. The molecule has 0 aromatic rings. The van der Waals surface area contributed by atoms with Gasteiger partial charge in [0.05, 0.1) is 6.61 Å². The number of rotatable bonds is 5. The van der Waals surface area contributed by atoms with E-state index >= 15 is 0 Å². The van der Waals surface area contributed by atoms with E-state index in [1.54, 1.807) is 0 Å². The second-order valence-corrected chi connectivity index (χ2v) is 6.30. The number of amides is 1. The van der Waals surface area contributed by atoms with Crippen LogP contribution in [0.15, 0.2) is 0 Å². The summed E-state index contributed by atoms with van der Waals surface area (Å²) in [5, 5.41) is 12.2. The Morgan fingerprint density at radius 1 is 1.35 bits per heavy atom. The van der Waals surface area contributed by atoms with Crippen LogP contribution >= 0.6 is 0 Å². The highest BCUT2D eigenvalue weighted by Gasteiger charge is 2.24. The largest absolute Gasteiger partial charge is 0.444 e. The fourth-order valence-corrected chi connectivity index (χ4v) is 2.45. The normalized spacial score (nSPS) is 22.9. The maximum atomic E-state index is 11.6. The van der Waals surface area contributed by atoms with Gasteiger partial charge in [-0.3, -0.25) is 0 Å². The van der Waals surface area contributed by atoms with Crippen LogP contribution in [0.1, 0.15) is 46.5 Å². The monoisotopic (exact) mass is 288 g/mol. The molecule has 0 heterocycles. The first-order valence-electron chi connectivity index (χ1n) is 7.00. The van der Waals surface area contributed by atoms with Gasteiger partial charge >= 0.3 is 6.09 Å². The third kappa shape index (κ3) is 7.16. The van der Waals surface area contributed by atoms with E-state index in [1.807, 2.05) is 20.8 Å². The second-order valence-electron chi connectivity index (χ2n) is 6.30. The Balaban J connectivity index is 2.26. The molecule has 0 aliphatic heterocycles. The summed E-state index contributed by atoms with van der Waals surface area (Å²) in [7, 11) is 0. The predicted molar refractivity (Wildman–Crippen MR) is 72.6 cm³/mol. The van der Waals surface area contributed by atoms with E-state index in [-0.39, 0.29) is 12.5 Å². The third-order valence-corrected chi connectivity index (χ3v) is 3.24. The van der Waals surface area contributed by atoms with Crippen molar-refractivity contribution in [3.63, 3.8) is 0 Å². The summed E-state index contributed by atoms with van der Waals surface area (Å²) in [6, 6.07) is 0. The lowest BCUT2D eigenvalue weighted by atomic mass is 9.82. The fraction of sp³-hybridized carbons (Fsp3) is 0.923. The zero-order chi connectivity index (χ0) is 15.2. The van der Waals surface area contributed by atoms with Gasteiger partial charge in [0.25, 0.3) is 5.09 Å². The predicted octanol–water partition coefficient (Wildman–Crippen LogP) is 2.53. The molecule has 2 unspecified atom stereocenters. The lowest BCUT2D eigenvalue weighted by molar-refractivity contribution is -0.759. The van der Waals surface area contributed by atoms with Crippen molar-refractivity contribution in [1.29, 1.82) is 0 Å². The van der Waals surface area contributed by atoms with Crippen LogP contribution < -0.4 is 5.32 Å². The summed E-state index contributed by atoms with van der Waals surface area (Å²) in [5.74, 6) is 0.524. The SMILES string of the molecule is CC(C)(C)OC(=O)NCC1CCCC(CO[N+](=O)[O-])C1. The van der Waals surface area contributed by atoms with Crippen molar-refractivity contribution >= 4 is 6.09 Å². The van der Waals surface area contributed by atoms with Crippen LogP contribution in [0.25, 0.3) is 0 Å². The minimum Gasteiger partial charge on any atom is -0.444 e. The van der Waals surface area contributed by atoms with Gasteiger partial charge in [-0.2, -0.15) is 0 Å². The van der Waals surface area contributed by atoms with Crippen molar-refractivity contribution in [1.82, 2.24) is 5.32 Å². The van der Waals surface area contributed by atoms with E-state index in [4.69, 9.17) is 4.74 Å². The summed E-state index contributed by atoms with van der Waals surface area (Å²) < 4.78 is 5.17. The van der Waals surface area contributed by atoms with Crippen molar-refractivity contribution in [3.8, 4) is 0 Å². The maximum absolute atomic E-state index is 11.6. The molecule has 116 valence electrons. The van der Waals surface area contributed by atoms with Crippen LogP contribution in [0.5, 0.6) is 0 Å². The van der Waals surface area contributed by atoms with Crippen LogP contribution in [-0.4, -0.2) is 29.9 Å². The van der Waals surface area contributed by atoms with Gasteiger partial charge < -0.3 is 14.9 Å². The Kier molecular flexibility index (Phi) is 6.04. The number of carbonyl (C=O) groups is 1. The maximum Gasteiger partial charge on any atom is 0.407 e. The van der Waals surface area contributed by atoms with Crippen molar-refractivity contribution in [2.45, 2.75) is 52.1 Å². The van der Waals surface area contributed by atoms with Crippen molar-refractivity contribution < 1.29 is 19.5 Å². The Hall–Kier alpha value is -1.53. The Labute approximate surface area is 119 Å². The van der Waals surface area contributed by atoms with E-state index in [9.17, 15) is 14.9 Å². The number of nitrogens with zero attached hydrogens (tertiary/aromatic N) is 1. The van der Waals surface area contributed by atoms with Crippen LogP contribution in [0.4, 0.5) is 4.79 Å². The van der Waals surface area contributed by atoms with Crippen LogP contribution in [0.2, 0.25) is 0 Å². The molecule has 0 spiro atoms. The highest BCUT2D eigenvalue weighted by molar-refractivity contribution is 5.67. The highest BCUT2D eigenvalue weighted by atomic mass is 16.9. The molecule has 20 heavy (non-hydrogen) atoms. The average molecular weight is 288 g/mol. The lowest BCUT2D eigenvalue weighted by Gasteiger charge is -2.29. The van der Waals surface area contributed by atoms with E-state index in [2.05, 4.69) is 10.2 Å². The molecule has 1 aliphatic carbocycles. The minimum absolute atomic E-state index is 0.149. The number of ether oxygens (including phenoxy) is 1. The van der Waals surface area contributed by atoms with Crippen molar-refractivity contribution in [3.05, 3.63) is 10.1 Å². The molecule has 7 heteroatoms. The molecule has 7 nitrogen and oxygen atoms in total. The average Bonchev–Trinajstić information content (AvgIpc) is 2.32. The van der Waals surface area contributed by atoms with Gasteiger partial charge in [0.15, 0.2) is 0 Å². The fourth-order valence-electron chi connectivity index (χ4n) is 2.45. The molecule has 0 bridgehead atoms. The van der Waals surface area contributed by atoms with Crippen molar-refractivity contribution in [2.75, 3.05) is 13.2 Å². The molecule has 1 N–H and O–H groups in total. The molecule has 0 aromatic carbocycles.